The fourth-order valence-corrected chi connectivity index (χ4v) is 3.70. The van der Waals surface area contributed by atoms with Crippen molar-refractivity contribution in [2.75, 3.05) is 13.1 Å². The summed E-state index contributed by atoms with van der Waals surface area (Å²) in [6, 6.07) is 11.6. The smallest absolute Gasteiger partial charge is 0.251 e. The van der Waals surface area contributed by atoms with Gasteiger partial charge in [0.05, 0.1) is 12.2 Å². The molecule has 3 heterocycles. The van der Waals surface area contributed by atoms with Crippen molar-refractivity contribution in [3.8, 4) is 5.82 Å². The summed E-state index contributed by atoms with van der Waals surface area (Å²) in [5.41, 5.74) is 2.76. The SMILES string of the molecule is C[C@@H]1CN(Cc2ccc(C(=O)NCc3ccc(-n4cncn4)nc3)cc2)C[C@@H](C)O1. The lowest BCUT2D eigenvalue weighted by molar-refractivity contribution is -0.0704. The fraction of sp³-hybridized carbons (Fsp3) is 0.364. The molecule has 8 heteroatoms. The molecule has 0 spiro atoms. The van der Waals surface area contributed by atoms with Gasteiger partial charge >= 0.3 is 0 Å². The van der Waals surface area contributed by atoms with Gasteiger partial charge in [-0.2, -0.15) is 5.10 Å². The maximum atomic E-state index is 12.5. The number of aromatic nitrogens is 4. The molecule has 4 rings (SSSR count). The number of hydrogen-bond donors (Lipinski definition) is 1. The normalized spacial score (nSPS) is 19.5. The summed E-state index contributed by atoms with van der Waals surface area (Å²) in [6.45, 7) is 7.34. The van der Waals surface area contributed by atoms with Crippen LogP contribution in [0.2, 0.25) is 0 Å². The van der Waals surface area contributed by atoms with Crippen molar-refractivity contribution in [3.63, 3.8) is 0 Å². The third-order valence-electron chi connectivity index (χ3n) is 5.03. The molecule has 0 radical (unpaired) electrons. The van der Waals surface area contributed by atoms with Crippen LogP contribution in [0.25, 0.3) is 5.82 Å². The summed E-state index contributed by atoms with van der Waals surface area (Å²) >= 11 is 0. The predicted octanol–water partition coefficient (Wildman–Crippen LogP) is 2.20. The average Bonchev–Trinajstić information content (AvgIpc) is 3.27. The number of rotatable bonds is 6. The van der Waals surface area contributed by atoms with E-state index in [9.17, 15) is 4.79 Å². The highest BCUT2D eigenvalue weighted by Crippen LogP contribution is 2.15. The zero-order chi connectivity index (χ0) is 20.9. The third-order valence-corrected chi connectivity index (χ3v) is 5.03. The van der Waals surface area contributed by atoms with Gasteiger partial charge in [-0.05, 0) is 43.2 Å². The van der Waals surface area contributed by atoms with Gasteiger partial charge in [0.15, 0.2) is 5.82 Å². The number of nitrogens with zero attached hydrogens (tertiary/aromatic N) is 5. The van der Waals surface area contributed by atoms with Gasteiger partial charge in [0.2, 0.25) is 0 Å². The van der Waals surface area contributed by atoms with Crippen molar-refractivity contribution in [3.05, 3.63) is 71.9 Å². The molecule has 0 aliphatic carbocycles. The van der Waals surface area contributed by atoms with E-state index in [4.69, 9.17) is 4.74 Å². The van der Waals surface area contributed by atoms with E-state index in [1.54, 1.807) is 17.2 Å². The van der Waals surface area contributed by atoms with E-state index >= 15 is 0 Å². The summed E-state index contributed by atoms with van der Waals surface area (Å²) in [5.74, 6) is 0.581. The van der Waals surface area contributed by atoms with E-state index in [0.717, 1.165) is 25.2 Å². The van der Waals surface area contributed by atoms with E-state index in [1.807, 2.05) is 36.4 Å². The van der Waals surface area contributed by atoms with Gasteiger partial charge in [-0.15, -0.1) is 0 Å². The summed E-state index contributed by atoms with van der Waals surface area (Å²) in [4.78, 5) is 23.1. The Labute approximate surface area is 175 Å². The zero-order valence-electron chi connectivity index (χ0n) is 17.2. The minimum atomic E-state index is -0.101. The average molecular weight is 406 g/mol. The first kappa shape index (κ1) is 20.2. The van der Waals surface area contributed by atoms with Crippen molar-refractivity contribution in [2.24, 2.45) is 0 Å². The topological polar surface area (TPSA) is 85.2 Å². The van der Waals surface area contributed by atoms with Crippen LogP contribution < -0.4 is 5.32 Å². The summed E-state index contributed by atoms with van der Waals surface area (Å²) < 4.78 is 7.37. The molecule has 0 saturated carbocycles. The number of nitrogens with one attached hydrogen (secondary N) is 1. The van der Waals surface area contributed by atoms with Crippen LogP contribution in [0.4, 0.5) is 0 Å². The van der Waals surface area contributed by atoms with E-state index in [0.29, 0.717) is 17.9 Å². The third kappa shape index (κ3) is 5.08. The van der Waals surface area contributed by atoms with Crippen LogP contribution in [-0.4, -0.2) is 55.9 Å². The van der Waals surface area contributed by atoms with Gasteiger partial charge in [-0.25, -0.2) is 14.6 Å². The molecule has 2 aromatic heterocycles. The van der Waals surface area contributed by atoms with Gasteiger partial charge < -0.3 is 10.1 Å². The van der Waals surface area contributed by atoms with Crippen LogP contribution in [-0.2, 0) is 17.8 Å². The molecule has 30 heavy (non-hydrogen) atoms. The first-order valence-corrected chi connectivity index (χ1v) is 10.1. The number of benzene rings is 1. The Kier molecular flexibility index (Phi) is 6.15. The Morgan fingerprint density at radius 3 is 2.47 bits per heavy atom. The number of pyridine rings is 1. The van der Waals surface area contributed by atoms with Crippen molar-refractivity contribution in [1.29, 1.82) is 0 Å². The first-order chi connectivity index (χ1) is 14.6. The maximum Gasteiger partial charge on any atom is 0.251 e. The molecule has 1 aliphatic heterocycles. The van der Waals surface area contributed by atoms with Crippen molar-refractivity contribution < 1.29 is 9.53 Å². The molecule has 0 unspecified atom stereocenters. The number of amides is 1. The molecule has 1 aliphatic rings. The van der Waals surface area contributed by atoms with Crippen LogP contribution in [0.3, 0.4) is 0 Å². The Morgan fingerprint density at radius 2 is 1.83 bits per heavy atom. The molecule has 1 aromatic carbocycles. The van der Waals surface area contributed by atoms with Gasteiger partial charge in [-0.3, -0.25) is 9.69 Å². The van der Waals surface area contributed by atoms with Crippen LogP contribution in [0, 0.1) is 0 Å². The Bertz CT molecular complexity index is 946. The monoisotopic (exact) mass is 406 g/mol. The molecule has 1 saturated heterocycles. The standard InChI is InChI=1S/C22H26N6O2/c1-16-11-27(12-17(2)30-16)13-18-3-6-20(7-4-18)22(29)25-10-19-5-8-21(24-9-19)28-15-23-14-26-28/h3-9,14-17H,10-13H2,1-2H3,(H,25,29)/t16-,17-/m1/s1. The molecule has 3 aromatic rings. The van der Waals surface area contributed by atoms with Crippen LogP contribution in [0.1, 0.15) is 35.3 Å². The predicted molar refractivity (Wildman–Crippen MR) is 112 cm³/mol. The highest BCUT2D eigenvalue weighted by Gasteiger charge is 2.22. The number of carbonyl (C=O) groups excluding carboxylic acids is 1. The fourth-order valence-electron chi connectivity index (χ4n) is 3.70. The minimum Gasteiger partial charge on any atom is -0.373 e. The maximum absolute atomic E-state index is 12.5. The van der Waals surface area contributed by atoms with E-state index in [1.165, 1.54) is 11.9 Å². The van der Waals surface area contributed by atoms with Crippen LogP contribution >= 0.6 is 0 Å². The van der Waals surface area contributed by atoms with Crippen LogP contribution in [0.15, 0.2) is 55.2 Å². The molecular formula is C22H26N6O2. The lowest BCUT2D eigenvalue weighted by atomic mass is 10.1. The highest BCUT2D eigenvalue weighted by atomic mass is 16.5. The summed E-state index contributed by atoms with van der Waals surface area (Å²) in [7, 11) is 0. The molecule has 1 N–H and O–H groups in total. The second-order valence-corrected chi connectivity index (χ2v) is 7.70. The molecule has 156 valence electrons. The zero-order valence-corrected chi connectivity index (χ0v) is 17.2. The molecule has 1 fully saturated rings. The molecule has 8 nitrogen and oxygen atoms in total. The van der Waals surface area contributed by atoms with Crippen LogP contribution in [0.5, 0.6) is 0 Å². The van der Waals surface area contributed by atoms with Gasteiger partial charge in [-0.1, -0.05) is 18.2 Å². The lowest BCUT2D eigenvalue weighted by Crippen LogP contribution is -2.44. The number of carbonyl (C=O) groups is 1. The quantitative estimate of drug-likeness (QED) is 0.676. The van der Waals surface area contributed by atoms with Crippen molar-refractivity contribution in [1.82, 2.24) is 30.0 Å². The molecular weight excluding hydrogens is 380 g/mol. The molecule has 1 amide bonds. The van der Waals surface area contributed by atoms with Gasteiger partial charge in [0, 0.05) is 37.9 Å². The number of hydrogen-bond acceptors (Lipinski definition) is 6. The van der Waals surface area contributed by atoms with E-state index in [2.05, 4.69) is 39.1 Å². The summed E-state index contributed by atoms with van der Waals surface area (Å²) in [6.07, 6.45) is 5.28. The highest BCUT2D eigenvalue weighted by molar-refractivity contribution is 5.94. The van der Waals surface area contributed by atoms with Gasteiger partial charge in [0.1, 0.15) is 12.7 Å². The van der Waals surface area contributed by atoms with Crippen molar-refractivity contribution >= 4 is 5.91 Å². The largest absolute Gasteiger partial charge is 0.373 e. The van der Waals surface area contributed by atoms with E-state index < -0.39 is 0 Å². The molecule has 2 atom stereocenters. The van der Waals surface area contributed by atoms with E-state index in [-0.39, 0.29) is 18.1 Å². The minimum absolute atomic E-state index is 0.101. The Morgan fingerprint density at radius 1 is 1.10 bits per heavy atom. The second kappa shape index (κ2) is 9.15. The Hall–Kier alpha value is -3.10. The lowest BCUT2D eigenvalue weighted by Gasteiger charge is -2.35. The molecule has 0 bridgehead atoms. The second-order valence-electron chi connectivity index (χ2n) is 7.70. The van der Waals surface area contributed by atoms with Gasteiger partial charge in [0.25, 0.3) is 5.91 Å². The Balaban J connectivity index is 1.29. The number of ether oxygens (including phenoxy) is 1. The first-order valence-electron chi connectivity index (χ1n) is 10.1. The summed E-state index contributed by atoms with van der Waals surface area (Å²) in [5, 5.41) is 6.99. The number of morpholine rings is 1. The van der Waals surface area contributed by atoms with Crippen molar-refractivity contribution in [2.45, 2.75) is 39.1 Å².